The van der Waals surface area contributed by atoms with Crippen molar-refractivity contribution in [1.29, 1.82) is 0 Å². The van der Waals surface area contributed by atoms with Crippen LogP contribution in [-0.2, 0) is 12.8 Å². The van der Waals surface area contributed by atoms with Crippen molar-refractivity contribution >= 4 is 35.0 Å². The first kappa shape index (κ1) is 29.8. The van der Waals surface area contributed by atoms with Gasteiger partial charge in [0, 0.05) is 30.6 Å². The molecule has 0 aliphatic carbocycles. The zero-order valence-electron chi connectivity index (χ0n) is 25.3. The van der Waals surface area contributed by atoms with Crippen LogP contribution in [0.2, 0.25) is 0 Å². The molecule has 1 aliphatic heterocycles. The highest BCUT2D eigenvalue weighted by Crippen LogP contribution is 2.24. The Morgan fingerprint density at radius 1 is 0.927 bits per heavy atom. The van der Waals surface area contributed by atoms with E-state index >= 15 is 0 Å². The van der Waals surface area contributed by atoms with Gasteiger partial charge in [0.15, 0.2) is 0 Å². The Labute approximate surface area is 246 Å². The Balaban J connectivity index is 0.00000189. The van der Waals surface area contributed by atoms with E-state index in [9.17, 15) is 0 Å². The number of hydrazone groups is 1. The quantitative estimate of drug-likeness (QED) is 0.204. The lowest BCUT2D eigenvalue weighted by atomic mass is 10.0. The number of nitrogens with one attached hydrogen (secondary N) is 1. The van der Waals surface area contributed by atoms with Gasteiger partial charge in [-0.1, -0.05) is 105 Å². The van der Waals surface area contributed by atoms with Crippen LogP contribution in [0.1, 0.15) is 66.3 Å². The van der Waals surface area contributed by atoms with Crippen LogP contribution in [0.3, 0.4) is 0 Å². The Morgan fingerprint density at radius 2 is 1.59 bits per heavy atom. The average Bonchev–Trinajstić information content (AvgIpc) is 3.51. The maximum Gasteiger partial charge on any atom is 0.0865 e. The van der Waals surface area contributed by atoms with Gasteiger partial charge in [-0.25, -0.2) is 4.98 Å². The maximum atomic E-state index is 5.03. The topological polar surface area (TPSA) is 40.5 Å². The fraction of sp³-hybridized carbons (Fsp3) is 0.297. The molecule has 0 fully saturated rings. The van der Waals surface area contributed by atoms with Gasteiger partial charge < -0.3 is 5.32 Å². The SMILES string of the molecule is C=C(NC(Cc1ccc(C)cc1)CN1CCC=N1)c1cc(CC)c2cc(/C=C/c3ccc(C)cc3)ccc2n1.CC. The summed E-state index contributed by atoms with van der Waals surface area (Å²) in [7, 11) is 0. The molecule has 0 saturated heterocycles. The molecule has 3 aromatic carbocycles. The molecule has 1 N–H and O–H groups in total. The first-order chi connectivity index (χ1) is 20.0. The second kappa shape index (κ2) is 14.5. The third kappa shape index (κ3) is 8.17. The van der Waals surface area contributed by atoms with Gasteiger partial charge in [0.25, 0.3) is 0 Å². The van der Waals surface area contributed by atoms with Crippen LogP contribution in [-0.4, -0.2) is 35.3 Å². The molecule has 1 atom stereocenters. The average molecular weight is 545 g/mol. The second-order valence-electron chi connectivity index (χ2n) is 10.5. The van der Waals surface area contributed by atoms with E-state index in [0.717, 1.165) is 49.3 Å². The van der Waals surface area contributed by atoms with Gasteiger partial charge in [0.1, 0.15) is 0 Å². The van der Waals surface area contributed by atoms with Gasteiger partial charge in [0.05, 0.1) is 23.5 Å². The van der Waals surface area contributed by atoms with Crippen molar-refractivity contribution in [2.45, 2.75) is 59.9 Å². The number of hydrogen-bond acceptors (Lipinski definition) is 4. The van der Waals surface area contributed by atoms with Crippen molar-refractivity contribution in [3.05, 3.63) is 118 Å². The number of nitrogens with zero attached hydrogens (tertiary/aromatic N) is 3. The highest BCUT2D eigenvalue weighted by atomic mass is 15.5. The summed E-state index contributed by atoms with van der Waals surface area (Å²) in [5.41, 5.74) is 10.3. The van der Waals surface area contributed by atoms with E-state index in [2.05, 4.69) is 128 Å². The molecule has 2 heterocycles. The van der Waals surface area contributed by atoms with E-state index in [4.69, 9.17) is 4.98 Å². The minimum absolute atomic E-state index is 0.173. The van der Waals surface area contributed by atoms with Gasteiger partial charge in [-0.3, -0.25) is 5.01 Å². The molecule has 0 amide bonds. The van der Waals surface area contributed by atoms with Gasteiger partial charge in [0.2, 0.25) is 0 Å². The molecule has 0 bridgehead atoms. The molecule has 1 aliphatic rings. The van der Waals surface area contributed by atoms with E-state index in [1.165, 1.54) is 38.8 Å². The largest absolute Gasteiger partial charge is 0.379 e. The minimum atomic E-state index is 0.173. The van der Waals surface area contributed by atoms with Gasteiger partial charge in [-0.05, 0) is 67.1 Å². The second-order valence-corrected chi connectivity index (χ2v) is 10.5. The van der Waals surface area contributed by atoms with Crippen molar-refractivity contribution in [2.75, 3.05) is 13.1 Å². The summed E-state index contributed by atoms with van der Waals surface area (Å²) in [5, 5.41) is 11.6. The van der Waals surface area contributed by atoms with E-state index < -0.39 is 0 Å². The Hall–Kier alpha value is -4.18. The lowest BCUT2D eigenvalue weighted by molar-refractivity contribution is 0.284. The molecule has 5 rings (SSSR count). The maximum absolute atomic E-state index is 5.03. The molecular weight excluding hydrogens is 500 g/mol. The molecule has 1 unspecified atom stereocenters. The Morgan fingerprint density at radius 3 is 2.24 bits per heavy atom. The van der Waals surface area contributed by atoms with Crippen LogP contribution in [0.15, 0.2) is 84.5 Å². The number of pyridine rings is 1. The summed E-state index contributed by atoms with van der Waals surface area (Å²) in [5.74, 6) is 0. The predicted molar refractivity (Wildman–Crippen MR) is 178 cm³/mol. The van der Waals surface area contributed by atoms with E-state index in [1.807, 2.05) is 20.1 Å². The molecule has 0 radical (unpaired) electrons. The highest BCUT2D eigenvalue weighted by Gasteiger charge is 2.18. The molecule has 4 aromatic rings. The summed E-state index contributed by atoms with van der Waals surface area (Å²) in [6, 6.07) is 26.3. The molecule has 212 valence electrons. The van der Waals surface area contributed by atoms with Gasteiger partial charge in [-0.15, -0.1) is 0 Å². The van der Waals surface area contributed by atoms with Crippen LogP contribution >= 0.6 is 0 Å². The Bertz CT molecular complexity index is 1500. The fourth-order valence-corrected chi connectivity index (χ4v) is 5.05. The summed E-state index contributed by atoms with van der Waals surface area (Å²) < 4.78 is 0. The van der Waals surface area contributed by atoms with E-state index in [1.54, 1.807) is 0 Å². The number of rotatable bonds is 10. The molecule has 1 aromatic heterocycles. The molecule has 0 saturated carbocycles. The fourth-order valence-electron chi connectivity index (χ4n) is 5.05. The van der Waals surface area contributed by atoms with Crippen LogP contribution in [0, 0.1) is 13.8 Å². The first-order valence-corrected chi connectivity index (χ1v) is 14.9. The summed E-state index contributed by atoms with van der Waals surface area (Å²) >= 11 is 0. The third-order valence-electron chi connectivity index (χ3n) is 7.33. The zero-order valence-corrected chi connectivity index (χ0v) is 25.3. The number of fused-ring (bicyclic) bond motifs is 1. The lowest BCUT2D eigenvalue weighted by Crippen LogP contribution is -2.39. The smallest absolute Gasteiger partial charge is 0.0865 e. The molecule has 4 heteroatoms. The standard InChI is InChI=1S/C35H38N4.C2H6/c1-5-31-23-35(38-34-18-17-30(22-33(31)34)16-15-28-11-7-25(2)8-12-28)27(4)37-32(24-39-20-6-19-36-39)21-29-13-9-26(3)10-14-29;1-2/h7-19,22-23,32,37H,4-6,20-21,24H2,1-3H3;1-2H3/b16-15+;. The summed E-state index contributed by atoms with van der Waals surface area (Å²) in [6.45, 7) is 16.7. The monoisotopic (exact) mass is 544 g/mol. The van der Waals surface area contributed by atoms with Gasteiger partial charge >= 0.3 is 0 Å². The van der Waals surface area contributed by atoms with Crippen molar-refractivity contribution < 1.29 is 0 Å². The number of hydrogen-bond donors (Lipinski definition) is 1. The lowest BCUT2D eigenvalue weighted by Gasteiger charge is -2.26. The minimum Gasteiger partial charge on any atom is -0.379 e. The third-order valence-corrected chi connectivity index (χ3v) is 7.33. The molecule has 41 heavy (non-hydrogen) atoms. The highest BCUT2D eigenvalue weighted by molar-refractivity contribution is 5.87. The Kier molecular flexibility index (Phi) is 10.5. The van der Waals surface area contributed by atoms with E-state index in [0.29, 0.717) is 0 Å². The van der Waals surface area contributed by atoms with Crippen LogP contribution < -0.4 is 5.32 Å². The summed E-state index contributed by atoms with van der Waals surface area (Å²) in [6.07, 6.45) is 9.18. The van der Waals surface area contributed by atoms with Gasteiger partial charge in [-0.2, -0.15) is 5.10 Å². The van der Waals surface area contributed by atoms with E-state index in [-0.39, 0.29) is 6.04 Å². The molecule has 0 spiro atoms. The number of aryl methyl sites for hydroxylation is 3. The van der Waals surface area contributed by atoms with Crippen molar-refractivity contribution in [3.63, 3.8) is 0 Å². The van der Waals surface area contributed by atoms with Crippen molar-refractivity contribution in [3.8, 4) is 0 Å². The van der Waals surface area contributed by atoms with Crippen molar-refractivity contribution in [1.82, 2.24) is 15.3 Å². The molecular formula is C37H44N4. The number of benzene rings is 3. The zero-order chi connectivity index (χ0) is 29.2. The number of aromatic nitrogens is 1. The van der Waals surface area contributed by atoms with Crippen LogP contribution in [0.5, 0.6) is 0 Å². The van der Waals surface area contributed by atoms with Crippen molar-refractivity contribution in [2.24, 2.45) is 5.10 Å². The van der Waals surface area contributed by atoms with Crippen LogP contribution in [0.25, 0.3) is 28.8 Å². The first-order valence-electron chi connectivity index (χ1n) is 14.9. The normalized spacial score (nSPS) is 13.3. The predicted octanol–water partition coefficient (Wildman–Crippen LogP) is 8.47. The molecule has 4 nitrogen and oxygen atoms in total. The summed E-state index contributed by atoms with van der Waals surface area (Å²) in [4.78, 5) is 5.03. The van der Waals surface area contributed by atoms with Crippen LogP contribution in [0.4, 0.5) is 0 Å².